The number of ether oxygens (including phenoxy) is 1. The van der Waals surface area contributed by atoms with E-state index in [0.717, 1.165) is 17.7 Å². The van der Waals surface area contributed by atoms with Gasteiger partial charge >= 0.3 is 5.97 Å². The number of likely N-dealkylation sites (tertiary alicyclic amines) is 1. The number of carbonyl (C=O) groups excluding carboxylic acids is 1. The SMILES string of the molecule is CCOc1ccc(CC(=O)N2CCC[C@H]2C(=O)O)cc1. The third-order valence-corrected chi connectivity index (χ3v) is 3.45. The van der Waals surface area contributed by atoms with E-state index in [1.54, 1.807) is 0 Å². The highest BCUT2D eigenvalue weighted by Crippen LogP contribution is 2.19. The van der Waals surface area contributed by atoms with Crippen LogP contribution < -0.4 is 4.74 Å². The van der Waals surface area contributed by atoms with E-state index in [2.05, 4.69) is 0 Å². The summed E-state index contributed by atoms with van der Waals surface area (Å²) in [6.07, 6.45) is 1.53. The second kappa shape index (κ2) is 6.41. The summed E-state index contributed by atoms with van der Waals surface area (Å²) in [4.78, 5) is 24.7. The molecule has 2 rings (SSSR count). The first kappa shape index (κ1) is 14.4. The van der Waals surface area contributed by atoms with Gasteiger partial charge in [-0.15, -0.1) is 0 Å². The zero-order valence-electron chi connectivity index (χ0n) is 11.5. The second-order valence-corrected chi connectivity index (χ2v) is 4.84. The number of rotatable bonds is 5. The van der Waals surface area contributed by atoms with Crippen LogP contribution in [0.2, 0.25) is 0 Å². The standard InChI is InChI=1S/C15H19NO4/c1-2-20-12-7-5-11(6-8-12)10-14(17)16-9-3-4-13(16)15(18)19/h5-8,13H,2-4,9-10H2,1H3,(H,18,19)/t13-/m0/s1. The Labute approximate surface area is 118 Å². The summed E-state index contributed by atoms with van der Waals surface area (Å²) >= 11 is 0. The zero-order valence-corrected chi connectivity index (χ0v) is 11.5. The number of benzene rings is 1. The molecule has 0 unspecified atom stereocenters. The van der Waals surface area contributed by atoms with Gasteiger partial charge in [0.25, 0.3) is 0 Å². The van der Waals surface area contributed by atoms with Crippen LogP contribution in [0.25, 0.3) is 0 Å². The van der Waals surface area contributed by atoms with E-state index < -0.39 is 12.0 Å². The largest absolute Gasteiger partial charge is 0.494 e. The van der Waals surface area contributed by atoms with Gasteiger partial charge in [-0.25, -0.2) is 4.79 Å². The quantitative estimate of drug-likeness (QED) is 0.889. The minimum absolute atomic E-state index is 0.126. The molecule has 1 aromatic rings. The maximum Gasteiger partial charge on any atom is 0.326 e. The lowest BCUT2D eigenvalue weighted by Crippen LogP contribution is -2.41. The molecule has 1 aromatic carbocycles. The molecule has 20 heavy (non-hydrogen) atoms. The normalized spacial score (nSPS) is 18.1. The van der Waals surface area contributed by atoms with Crippen molar-refractivity contribution in [3.63, 3.8) is 0 Å². The lowest BCUT2D eigenvalue weighted by atomic mass is 10.1. The minimum atomic E-state index is -0.914. The van der Waals surface area contributed by atoms with Crippen LogP contribution in [0.1, 0.15) is 25.3 Å². The molecular weight excluding hydrogens is 258 g/mol. The first-order chi connectivity index (χ1) is 9.61. The highest BCUT2D eigenvalue weighted by molar-refractivity contribution is 5.85. The van der Waals surface area contributed by atoms with Crippen molar-refractivity contribution in [2.45, 2.75) is 32.2 Å². The summed E-state index contributed by atoms with van der Waals surface area (Å²) in [5.41, 5.74) is 0.870. The summed E-state index contributed by atoms with van der Waals surface area (Å²) in [6, 6.07) is 6.67. The van der Waals surface area contributed by atoms with Crippen molar-refractivity contribution in [1.29, 1.82) is 0 Å². The molecule has 1 atom stereocenters. The highest BCUT2D eigenvalue weighted by atomic mass is 16.5. The number of carbonyl (C=O) groups is 2. The number of carboxylic acids is 1. The van der Waals surface area contributed by atoms with Crippen LogP contribution in [-0.4, -0.2) is 41.1 Å². The third kappa shape index (κ3) is 3.29. The Morgan fingerprint density at radius 2 is 2.05 bits per heavy atom. The Morgan fingerprint density at radius 1 is 1.35 bits per heavy atom. The number of amides is 1. The third-order valence-electron chi connectivity index (χ3n) is 3.45. The van der Waals surface area contributed by atoms with E-state index in [9.17, 15) is 9.59 Å². The summed E-state index contributed by atoms with van der Waals surface area (Å²) in [7, 11) is 0. The van der Waals surface area contributed by atoms with E-state index in [1.165, 1.54) is 4.90 Å². The molecule has 0 bridgehead atoms. The molecule has 5 nitrogen and oxygen atoms in total. The molecule has 1 aliphatic rings. The fraction of sp³-hybridized carbons (Fsp3) is 0.467. The Balaban J connectivity index is 1.98. The van der Waals surface area contributed by atoms with Crippen molar-refractivity contribution in [3.05, 3.63) is 29.8 Å². The van der Waals surface area contributed by atoms with Crippen LogP contribution in [0.3, 0.4) is 0 Å². The van der Waals surface area contributed by atoms with Gasteiger partial charge in [-0.3, -0.25) is 4.79 Å². The maximum absolute atomic E-state index is 12.2. The molecule has 5 heteroatoms. The second-order valence-electron chi connectivity index (χ2n) is 4.84. The molecule has 0 saturated carbocycles. The van der Waals surface area contributed by atoms with Crippen molar-refractivity contribution in [3.8, 4) is 5.75 Å². The Morgan fingerprint density at radius 3 is 2.65 bits per heavy atom. The van der Waals surface area contributed by atoms with E-state index in [1.807, 2.05) is 31.2 Å². The molecule has 1 fully saturated rings. The van der Waals surface area contributed by atoms with E-state index in [4.69, 9.17) is 9.84 Å². The molecule has 1 saturated heterocycles. The minimum Gasteiger partial charge on any atom is -0.494 e. The van der Waals surface area contributed by atoms with Gasteiger partial charge in [-0.2, -0.15) is 0 Å². The summed E-state index contributed by atoms with van der Waals surface area (Å²) in [5, 5.41) is 9.08. The summed E-state index contributed by atoms with van der Waals surface area (Å²) in [6.45, 7) is 3.05. The highest BCUT2D eigenvalue weighted by Gasteiger charge is 2.33. The summed E-state index contributed by atoms with van der Waals surface area (Å²) in [5.74, 6) is -0.269. The van der Waals surface area contributed by atoms with Crippen LogP contribution in [0, 0.1) is 0 Å². The van der Waals surface area contributed by atoms with Crippen LogP contribution in [-0.2, 0) is 16.0 Å². The number of carboxylic acid groups (broad SMARTS) is 1. The van der Waals surface area contributed by atoms with Crippen molar-refractivity contribution in [2.24, 2.45) is 0 Å². The number of nitrogens with zero attached hydrogens (tertiary/aromatic N) is 1. The van der Waals surface area contributed by atoms with Crippen molar-refractivity contribution in [2.75, 3.05) is 13.2 Å². The Hall–Kier alpha value is -2.04. The van der Waals surface area contributed by atoms with Gasteiger partial charge < -0.3 is 14.7 Å². The molecule has 1 aliphatic heterocycles. The monoisotopic (exact) mass is 277 g/mol. The Bertz CT molecular complexity index is 483. The van der Waals surface area contributed by atoms with Gasteiger partial charge in [-0.05, 0) is 37.5 Å². The van der Waals surface area contributed by atoms with Gasteiger partial charge in [0.05, 0.1) is 13.0 Å². The van der Waals surface area contributed by atoms with Crippen molar-refractivity contribution >= 4 is 11.9 Å². The fourth-order valence-corrected chi connectivity index (χ4v) is 2.47. The van der Waals surface area contributed by atoms with E-state index in [0.29, 0.717) is 19.6 Å². The topological polar surface area (TPSA) is 66.8 Å². The lowest BCUT2D eigenvalue weighted by molar-refractivity contribution is -0.148. The van der Waals surface area contributed by atoms with Crippen molar-refractivity contribution < 1.29 is 19.4 Å². The van der Waals surface area contributed by atoms with Crippen LogP contribution in [0.15, 0.2) is 24.3 Å². The number of aliphatic carboxylic acids is 1. The predicted molar refractivity (Wildman–Crippen MR) is 73.7 cm³/mol. The zero-order chi connectivity index (χ0) is 14.5. The molecule has 1 heterocycles. The molecule has 0 aromatic heterocycles. The summed E-state index contributed by atoms with van der Waals surface area (Å²) < 4.78 is 5.34. The average Bonchev–Trinajstić information content (AvgIpc) is 2.91. The Kier molecular flexibility index (Phi) is 4.61. The number of hydrogen-bond donors (Lipinski definition) is 1. The van der Waals surface area contributed by atoms with Gasteiger partial charge in [0.1, 0.15) is 11.8 Å². The first-order valence-electron chi connectivity index (χ1n) is 6.86. The molecule has 0 spiro atoms. The van der Waals surface area contributed by atoms with Gasteiger partial charge in [0.15, 0.2) is 0 Å². The predicted octanol–water partition coefficient (Wildman–Crippen LogP) is 1.70. The smallest absolute Gasteiger partial charge is 0.326 e. The van der Waals surface area contributed by atoms with Gasteiger partial charge in [0, 0.05) is 6.54 Å². The fourth-order valence-electron chi connectivity index (χ4n) is 2.47. The molecule has 108 valence electrons. The van der Waals surface area contributed by atoms with Crippen LogP contribution >= 0.6 is 0 Å². The van der Waals surface area contributed by atoms with Gasteiger partial charge in [-0.1, -0.05) is 12.1 Å². The molecule has 0 aliphatic carbocycles. The first-order valence-corrected chi connectivity index (χ1v) is 6.86. The van der Waals surface area contributed by atoms with Crippen LogP contribution in [0.5, 0.6) is 5.75 Å². The molecule has 0 radical (unpaired) electrons. The molecule has 1 amide bonds. The van der Waals surface area contributed by atoms with Gasteiger partial charge in [0.2, 0.25) is 5.91 Å². The van der Waals surface area contributed by atoms with E-state index >= 15 is 0 Å². The van der Waals surface area contributed by atoms with E-state index in [-0.39, 0.29) is 12.3 Å². The lowest BCUT2D eigenvalue weighted by Gasteiger charge is -2.21. The average molecular weight is 277 g/mol. The number of hydrogen-bond acceptors (Lipinski definition) is 3. The van der Waals surface area contributed by atoms with Crippen LogP contribution in [0.4, 0.5) is 0 Å². The molecule has 1 N–H and O–H groups in total. The molecular formula is C15H19NO4. The van der Waals surface area contributed by atoms with Crippen molar-refractivity contribution in [1.82, 2.24) is 4.90 Å². The maximum atomic E-state index is 12.2.